The predicted octanol–water partition coefficient (Wildman–Crippen LogP) is 2.45. The molecule has 0 aromatic heterocycles. The summed E-state index contributed by atoms with van der Waals surface area (Å²) >= 11 is 12.1. The first-order valence-corrected chi connectivity index (χ1v) is 7.41. The Morgan fingerprint density at radius 3 is 2.70 bits per heavy atom. The number of hydrogen-bond acceptors (Lipinski definition) is 4. The summed E-state index contributed by atoms with van der Waals surface area (Å²) in [6, 6.07) is 5.29. The van der Waals surface area contributed by atoms with Crippen LogP contribution in [-0.2, 0) is 4.74 Å². The Morgan fingerprint density at radius 1 is 1.35 bits per heavy atom. The summed E-state index contributed by atoms with van der Waals surface area (Å²) in [6.07, 6.45) is -0.00699. The molecule has 2 atom stereocenters. The van der Waals surface area contributed by atoms with Crippen molar-refractivity contribution in [2.45, 2.75) is 19.1 Å². The number of aliphatic hydroxyl groups is 1. The lowest BCUT2D eigenvalue weighted by molar-refractivity contribution is -0.0965. The number of benzene rings is 1. The molecule has 1 aromatic carbocycles. The Kier molecular flexibility index (Phi) is 5.93. The van der Waals surface area contributed by atoms with E-state index in [1.54, 1.807) is 18.2 Å². The van der Waals surface area contributed by atoms with Gasteiger partial charge in [-0.25, -0.2) is 0 Å². The van der Waals surface area contributed by atoms with Crippen LogP contribution in [0, 0.1) is 0 Å². The highest BCUT2D eigenvalue weighted by molar-refractivity contribution is 6.37. The van der Waals surface area contributed by atoms with Crippen molar-refractivity contribution in [2.24, 2.45) is 0 Å². The highest BCUT2D eigenvalue weighted by Gasteiger charge is 2.24. The minimum atomic E-state index is -0.123. The van der Waals surface area contributed by atoms with Crippen LogP contribution in [0.25, 0.3) is 0 Å². The second-order valence-electron chi connectivity index (χ2n) is 4.91. The Labute approximate surface area is 129 Å². The molecule has 2 rings (SSSR count). The van der Waals surface area contributed by atoms with Crippen molar-refractivity contribution in [1.82, 2.24) is 4.90 Å². The fourth-order valence-electron chi connectivity index (χ4n) is 2.32. The Bertz CT molecular complexity index is 424. The molecule has 0 radical (unpaired) electrons. The predicted molar refractivity (Wildman–Crippen MR) is 79.8 cm³/mol. The van der Waals surface area contributed by atoms with Gasteiger partial charge in [0.25, 0.3) is 0 Å². The highest BCUT2D eigenvalue weighted by Crippen LogP contribution is 2.32. The van der Waals surface area contributed by atoms with Gasteiger partial charge in [-0.1, -0.05) is 29.3 Å². The van der Waals surface area contributed by atoms with Gasteiger partial charge in [0, 0.05) is 19.6 Å². The number of rotatable bonds is 5. The number of hydrogen-bond donors (Lipinski definition) is 1. The van der Waals surface area contributed by atoms with Crippen molar-refractivity contribution < 1.29 is 14.6 Å². The maximum Gasteiger partial charge on any atom is 0.156 e. The zero-order valence-corrected chi connectivity index (χ0v) is 12.9. The molecule has 1 N–H and O–H groups in total. The van der Waals surface area contributed by atoms with Gasteiger partial charge in [0.05, 0.1) is 28.9 Å². The monoisotopic (exact) mass is 319 g/mol. The fraction of sp³-hybridized carbons (Fsp3) is 0.571. The minimum Gasteiger partial charge on any atom is -0.489 e. The smallest absolute Gasteiger partial charge is 0.156 e. The maximum absolute atomic E-state index is 9.18. The lowest BCUT2D eigenvalue weighted by atomic mass is 10.2. The Hall–Kier alpha value is -0.520. The number of aliphatic hydroxyl groups excluding tert-OH is 1. The quantitative estimate of drug-likeness (QED) is 0.905. The third-order valence-electron chi connectivity index (χ3n) is 3.18. The van der Waals surface area contributed by atoms with Gasteiger partial charge in [0.2, 0.25) is 0 Å². The summed E-state index contributed by atoms with van der Waals surface area (Å²) in [5.41, 5.74) is 0. The number of morpholine rings is 1. The largest absolute Gasteiger partial charge is 0.489 e. The number of ether oxygens (including phenoxy) is 2. The molecule has 1 aliphatic heterocycles. The van der Waals surface area contributed by atoms with Gasteiger partial charge in [0.15, 0.2) is 5.75 Å². The third-order valence-corrected chi connectivity index (χ3v) is 3.77. The molecule has 1 saturated heterocycles. The molecule has 0 aliphatic carbocycles. The van der Waals surface area contributed by atoms with E-state index in [0.717, 1.165) is 13.1 Å². The summed E-state index contributed by atoms with van der Waals surface area (Å²) in [4.78, 5) is 2.21. The molecule has 0 spiro atoms. The lowest BCUT2D eigenvalue weighted by Gasteiger charge is -2.35. The first kappa shape index (κ1) is 15.9. The average Bonchev–Trinajstić information content (AvgIpc) is 2.41. The zero-order valence-electron chi connectivity index (χ0n) is 11.4. The second-order valence-corrected chi connectivity index (χ2v) is 5.72. The first-order chi connectivity index (χ1) is 9.60. The summed E-state index contributed by atoms with van der Waals surface area (Å²) in [7, 11) is 0. The van der Waals surface area contributed by atoms with Crippen LogP contribution in [0.5, 0.6) is 5.75 Å². The number of para-hydroxylation sites is 1. The van der Waals surface area contributed by atoms with Crippen LogP contribution in [0.2, 0.25) is 10.0 Å². The Morgan fingerprint density at radius 2 is 2.05 bits per heavy atom. The van der Waals surface area contributed by atoms with Crippen molar-refractivity contribution in [1.29, 1.82) is 0 Å². The van der Waals surface area contributed by atoms with Crippen LogP contribution in [0.1, 0.15) is 6.92 Å². The highest BCUT2D eigenvalue weighted by atomic mass is 35.5. The SMILES string of the molecule is CC1CN(CCOc2c(Cl)cccc2Cl)CC(CO)O1. The normalized spacial score (nSPS) is 23.8. The topological polar surface area (TPSA) is 41.9 Å². The van der Waals surface area contributed by atoms with Crippen LogP contribution in [0.3, 0.4) is 0 Å². The van der Waals surface area contributed by atoms with Gasteiger partial charge < -0.3 is 14.6 Å². The van der Waals surface area contributed by atoms with Crippen LogP contribution in [0.4, 0.5) is 0 Å². The van der Waals surface area contributed by atoms with Crippen molar-refractivity contribution in [3.05, 3.63) is 28.2 Å². The molecule has 0 bridgehead atoms. The molecule has 20 heavy (non-hydrogen) atoms. The van der Waals surface area contributed by atoms with Gasteiger partial charge in [0.1, 0.15) is 6.61 Å². The van der Waals surface area contributed by atoms with Crippen molar-refractivity contribution in [3.8, 4) is 5.75 Å². The van der Waals surface area contributed by atoms with E-state index < -0.39 is 0 Å². The summed E-state index contributed by atoms with van der Waals surface area (Å²) in [5.74, 6) is 0.524. The van der Waals surface area contributed by atoms with E-state index in [4.69, 9.17) is 32.7 Å². The molecule has 0 amide bonds. The van der Waals surface area contributed by atoms with Crippen LogP contribution in [0.15, 0.2) is 18.2 Å². The van der Waals surface area contributed by atoms with Crippen molar-refractivity contribution in [2.75, 3.05) is 32.8 Å². The average molecular weight is 320 g/mol. The van der Waals surface area contributed by atoms with Crippen molar-refractivity contribution >= 4 is 23.2 Å². The van der Waals surface area contributed by atoms with E-state index in [1.807, 2.05) is 6.92 Å². The molecule has 2 unspecified atom stereocenters. The minimum absolute atomic E-state index is 0.0397. The van der Waals surface area contributed by atoms with Gasteiger partial charge >= 0.3 is 0 Å². The molecule has 6 heteroatoms. The van der Waals surface area contributed by atoms with Gasteiger partial charge in [-0.3, -0.25) is 4.90 Å². The summed E-state index contributed by atoms with van der Waals surface area (Å²) in [6.45, 7) is 4.81. The van der Waals surface area contributed by atoms with Crippen molar-refractivity contribution in [3.63, 3.8) is 0 Å². The van der Waals surface area contributed by atoms with E-state index in [-0.39, 0.29) is 18.8 Å². The summed E-state index contributed by atoms with van der Waals surface area (Å²) < 4.78 is 11.3. The van der Waals surface area contributed by atoms with Crippen LogP contribution < -0.4 is 4.74 Å². The Balaban J connectivity index is 1.83. The van der Waals surface area contributed by atoms with Gasteiger partial charge in [-0.05, 0) is 19.1 Å². The van der Waals surface area contributed by atoms with Crippen LogP contribution >= 0.6 is 23.2 Å². The number of halogens is 2. The van der Waals surface area contributed by atoms with E-state index >= 15 is 0 Å². The van der Waals surface area contributed by atoms with Crippen LogP contribution in [-0.4, -0.2) is 55.1 Å². The number of nitrogens with zero attached hydrogens (tertiary/aromatic N) is 1. The fourth-order valence-corrected chi connectivity index (χ4v) is 2.83. The molecule has 0 saturated carbocycles. The van der Waals surface area contributed by atoms with E-state index in [9.17, 15) is 5.11 Å². The first-order valence-electron chi connectivity index (χ1n) is 6.65. The summed E-state index contributed by atoms with van der Waals surface area (Å²) in [5, 5.41) is 10.2. The molecule has 1 fully saturated rings. The zero-order chi connectivity index (χ0) is 14.5. The molecular formula is C14H19Cl2NO3. The van der Waals surface area contributed by atoms with E-state index in [2.05, 4.69) is 4.90 Å². The molecule has 1 aromatic rings. The maximum atomic E-state index is 9.18. The molecular weight excluding hydrogens is 301 g/mol. The van der Waals surface area contributed by atoms with Gasteiger partial charge in [-0.15, -0.1) is 0 Å². The molecule has 4 nitrogen and oxygen atoms in total. The molecule has 1 aliphatic rings. The van der Waals surface area contributed by atoms with Gasteiger partial charge in [-0.2, -0.15) is 0 Å². The molecule has 112 valence electrons. The standard InChI is InChI=1S/C14H19Cl2NO3/c1-10-7-17(8-11(9-18)20-10)5-6-19-14-12(15)3-2-4-13(14)16/h2-4,10-11,18H,5-9H2,1H3. The molecule has 1 heterocycles. The third kappa shape index (κ3) is 4.24. The second kappa shape index (κ2) is 7.48. The lowest BCUT2D eigenvalue weighted by Crippen LogP contribution is -2.49. The van der Waals surface area contributed by atoms with E-state index in [1.165, 1.54) is 0 Å². The van der Waals surface area contributed by atoms with E-state index in [0.29, 0.717) is 28.9 Å².